The summed E-state index contributed by atoms with van der Waals surface area (Å²) in [4.78, 5) is 4.17. The SMILES string of the molecule is COc1ccc(C)cc1C(C)N[C@@H](C)c1cccnc1. The highest BCUT2D eigenvalue weighted by atomic mass is 16.5. The van der Waals surface area contributed by atoms with Crippen LogP contribution in [-0.2, 0) is 0 Å². The minimum atomic E-state index is 0.208. The van der Waals surface area contributed by atoms with Crippen molar-refractivity contribution in [2.24, 2.45) is 0 Å². The third kappa shape index (κ3) is 3.36. The van der Waals surface area contributed by atoms with Gasteiger partial charge in [-0.2, -0.15) is 0 Å². The number of aromatic nitrogens is 1. The van der Waals surface area contributed by atoms with E-state index in [2.05, 4.69) is 49.3 Å². The molecular formula is C17H22N2O. The first-order valence-electron chi connectivity index (χ1n) is 6.92. The van der Waals surface area contributed by atoms with Crippen LogP contribution in [0.1, 0.15) is 42.6 Å². The van der Waals surface area contributed by atoms with Gasteiger partial charge in [0.25, 0.3) is 0 Å². The monoisotopic (exact) mass is 270 g/mol. The topological polar surface area (TPSA) is 34.1 Å². The lowest BCUT2D eigenvalue weighted by molar-refractivity contribution is 0.396. The average molecular weight is 270 g/mol. The van der Waals surface area contributed by atoms with Gasteiger partial charge in [-0.3, -0.25) is 4.98 Å². The number of nitrogens with zero attached hydrogens (tertiary/aromatic N) is 1. The zero-order valence-corrected chi connectivity index (χ0v) is 12.6. The molecule has 2 atom stereocenters. The predicted molar refractivity (Wildman–Crippen MR) is 81.9 cm³/mol. The first-order chi connectivity index (χ1) is 9.61. The normalized spacial score (nSPS) is 13.8. The van der Waals surface area contributed by atoms with Crippen molar-refractivity contribution in [1.29, 1.82) is 0 Å². The van der Waals surface area contributed by atoms with E-state index in [1.54, 1.807) is 13.3 Å². The van der Waals surface area contributed by atoms with E-state index >= 15 is 0 Å². The van der Waals surface area contributed by atoms with Crippen LogP contribution in [0.5, 0.6) is 5.75 Å². The number of methoxy groups -OCH3 is 1. The van der Waals surface area contributed by atoms with E-state index in [-0.39, 0.29) is 12.1 Å². The van der Waals surface area contributed by atoms with Crippen molar-refractivity contribution < 1.29 is 4.74 Å². The van der Waals surface area contributed by atoms with Crippen LogP contribution < -0.4 is 10.1 Å². The van der Waals surface area contributed by atoms with Crippen molar-refractivity contribution >= 4 is 0 Å². The van der Waals surface area contributed by atoms with Gasteiger partial charge in [0.2, 0.25) is 0 Å². The van der Waals surface area contributed by atoms with Crippen molar-refractivity contribution in [1.82, 2.24) is 10.3 Å². The van der Waals surface area contributed by atoms with Gasteiger partial charge in [-0.05, 0) is 38.5 Å². The Morgan fingerprint density at radius 2 is 1.95 bits per heavy atom. The minimum Gasteiger partial charge on any atom is -0.496 e. The number of aryl methyl sites for hydroxylation is 1. The van der Waals surface area contributed by atoms with Crippen LogP contribution in [0.2, 0.25) is 0 Å². The number of rotatable bonds is 5. The Hall–Kier alpha value is -1.87. The van der Waals surface area contributed by atoms with Gasteiger partial charge in [0.05, 0.1) is 7.11 Å². The summed E-state index contributed by atoms with van der Waals surface area (Å²) in [5.41, 5.74) is 3.61. The van der Waals surface area contributed by atoms with Crippen LogP contribution in [0, 0.1) is 6.92 Å². The van der Waals surface area contributed by atoms with Gasteiger partial charge in [0.1, 0.15) is 5.75 Å². The number of pyridine rings is 1. The van der Waals surface area contributed by atoms with E-state index in [0.717, 1.165) is 5.75 Å². The largest absolute Gasteiger partial charge is 0.496 e. The van der Waals surface area contributed by atoms with Crippen molar-refractivity contribution in [3.63, 3.8) is 0 Å². The van der Waals surface area contributed by atoms with E-state index in [0.29, 0.717) is 0 Å². The number of hydrogen-bond donors (Lipinski definition) is 1. The molecule has 0 spiro atoms. The maximum Gasteiger partial charge on any atom is 0.123 e. The highest BCUT2D eigenvalue weighted by Gasteiger charge is 2.15. The lowest BCUT2D eigenvalue weighted by atomic mass is 10.0. The summed E-state index contributed by atoms with van der Waals surface area (Å²) in [5.74, 6) is 0.925. The third-order valence-corrected chi connectivity index (χ3v) is 3.54. The van der Waals surface area contributed by atoms with Crippen molar-refractivity contribution in [2.75, 3.05) is 7.11 Å². The zero-order valence-electron chi connectivity index (χ0n) is 12.6. The Morgan fingerprint density at radius 1 is 1.15 bits per heavy atom. The van der Waals surface area contributed by atoms with Gasteiger partial charge < -0.3 is 10.1 Å². The predicted octanol–water partition coefficient (Wildman–Crippen LogP) is 3.81. The molecule has 0 radical (unpaired) electrons. The molecule has 3 nitrogen and oxygen atoms in total. The molecule has 0 aliphatic carbocycles. The molecule has 1 aromatic carbocycles. The zero-order chi connectivity index (χ0) is 14.5. The third-order valence-electron chi connectivity index (χ3n) is 3.54. The fourth-order valence-electron chi connectivity index (χ4n) is 2.39. The Labute approximate surface area is 121 Å². The molecule has 1 aromatic heterocycles. The second-order valence-electron chi connectivity index (χ2n) is 5.14. The molecule has 0 saturated heterocycles. The Bertz CT molecular complexity index is 554. The van der Waals surface area contributed by atoms with Crippen LogP contribution in [0.15, 0.2) is 42.7 Å². The van der Waals surface area contributed by atoms with Crippen molar-refractivity contribution in [3.05, 3.63) is 59.4 Å². The smallest absolute Gasteiger partial charge is 0.123 e. The minimum absolute atomic E-state index is 0.208. The average Bonchev–Trinajstić information content (AvgIpc) is 2.48. The van der Waals surface area contributed by atoms with Gasteiger partial charge in [0, 0.05) is 30.0 Å². The van der Waals surface area contributed by atoms with E-state index in [1.165, 1.54) is 16.7 Å². The quantitative estimate of drug-likeness (QED) is 0.897. The molecule has 106 valence electrons. The van der Waals surface area contributed by atoms with Crippen LogP contribution in [-0.4, -0.2) is 12.1 Å². The fourth-order valence-corrected chi connectivity index (χ4v) is 2.39. The molecule has 0 aliphatic heterocycles. The summed E-state index contributed by atoms with van der Waals surface area (Å²) >= 11 is 0. The number of hydrogen-bond acceptors (Lipinski definition) is 3. The van der Waals surface area contributed by atoms with Crippen LogP contribution in [0.3, 0.4) is 0 Å². The van der Waals surface area contributed by atoms with E-state index in [9.17, 15) is 0 Å². The second kappa shape index (κ2) is 6.53. The molecule has 1 heterocycles. The molecule has 0 saturated carbocycles. The Balaban J connectivity index is 2.16. The van der Waals surface area contributed by atoms with Gasteiger partial charge in [0.15, 0.2) is 0 Å². The molecule has 0 bridgehead atoms. The Kier molecular flexibility index (Phi) is 4.74. The molecule has 3 heteroatoms. The molecule has 0 amide bonds. The summed E-state index contributed by atoms with van der Waals surface area (Å²) in [7, 11) is 1.71. The second-order valence-corrected chi connectivity index (χ2v) is 5.14. The van der Waals surface area contributed by atoms with Gasteiger partial charge >= 0.3 is 0 Å². The van der Waals surface area contributed by atoms with Gasteiger partial charge in [-0.25, -0.2) is 0 Å². The summed E-state index contributed by atoms with van der Waals surface area (Å²) in [6.07, 6.45) is 3.70. The molecular weight excluding hydrogens is 248 g/mol. The van der Waals surface area contributed by atoms with Gasteiger partial charge in [-0.15, -0.1) is 0 Å². The summed E-state index contributed by atoms with van der Waals surface area (Å²) in [5, 5.41) is 3.59. The van der Waals surface area contributed by atoms with Gasteiger partial charge in [-0.1, -0.05) is 23.8 Å². The van der Waals surface area contributed by atoms with Crippen LogP contribution >= 0.6 is 0 Å². The molecule has 0 aliphatic rings. The van der Waals surface area contributed by atoms with Crippen LogP contribution in [0.4, 0.5) is 0 Å². The highest BCUT2D eigenvalue weighted by Crippen LogP contribution is 2.28. The molecule has 0 fully saturated rings. The van der Waals surface area contributed by atoms with E-state index in [4.69, 9.17) is 4.74 Å². The summed E-state index contributed by atoms with van der Waals surface area (Å²) in [6, 6.07) is 10.8. The summed E-state index contributed by atoms with van der Waals surface area (Å²) < 4.78 is 5.46. The number of benzene rings is 1. The summed E-state index contributed by atoms with van der Waals surface area (Å²) in [6.45, 7) is 6.40. The lowest BCUT2D eigenvalue weighted by Crippen LogP contribution is -2.23. The first kappa shape index (κ1) is 14.5. The highest BCUT2D eigenvalue weighted by molar-refractivity contribution is 5.39. The molecule has 1 N–H and O–H groups in total. The van der Waals surface area contributed by atoms with E-state index in [1.807, 2.05) is 18.3 Å². The maximum atomic E-state index is 5.46. The fraction of sp³-hybridized carbons (Fsp3) is 0.353. The Morgan fingerprint density at radius 3 is 2.60 bits per heavy atom. The number of ether oxygens (including phenoxy) is 1. The standard InChI is InChI=1S/C17H22N2O/c1-12-7-8-17(20-4)16(10-12)14(3)19-13(2)15-6-5-9-18-11-15/h5-11,13-14,19H,1-4H3/t13-,14?/m0/s1. The molecule has 2 aromatic rings. The molecule has 1 unspecified atom stereocenters. The molecule has 2 rings (SSSR count). The van der Waals surface area contributed by atoms with Crippen molar-refractivity contribution in [3.8, 4) is 5.75 Å². The first-order valence-corrected chi connectivity index (χ1v) is 6.92. The van der Waals surface area contributed by atoms with E-state index < -0.39 is 0 Å². The lowest BCUT2D eigenvalue weighted by Gasteiger charge is -2.22. The molecule has 20 heavy (non-hydrogen) atoms. The van der Waals surface area contributed by atoms with Crippen molar-refractivity contribution in [2.45, 2.75) is 32.9 Å². The number of nitrogens with one attached hydrogen (secondary N) is 1. The maximum absolute atomic E-state index is 5.46. The van der Waals surface area contributed by atoms with Crippen LogP contribution in [0.25, 0.3) is 0 Å².